The highest BCUT2D eigenvalue weighted by atomic mass is 16.6. The Morgan fingerprint density at radius 1 is 1.15 bits per heavy atom. The van der Waals surface area contributed by atoms with Crippen LogP contribution in [0.3, 0.4) is 0 Å². The number of rotatable bonds is 3. The minimum absolute atomic E-state index is 0.0542. The third-order valence-corrected chi connectivity index (χ3v) is 4.71. The number of fused-ring (bicyclic) bond motifs is 1. The summed E-state index contributed by atoms with van der Waals surface area (Å²) in [4.78, 5) is 50.8. The molecule has 2 aliphatic heterocycles. The fraction of sp³-hybridized carbons (Fsp3) is 0.444. The minimum Gasteiger partial charge on any atom is -0.450 e. The highest BCUT2D eigenvalue weighted by Crippen LogP contribution is 2.23. The maximum atomic E-state index is 12.5. The Morgan fingerprint density at radius 2 is 1.81 bits per heavy atom. The van der Waals surface area contributed by atoms with E-state index in [2.05, 4.69) is 5.32 Å². The zero-order chi connectivity index (χ0) is 18.8. The zero-order valence-electron chi connectivity index (χ0n) is 14.8. The Bertz CT molecular complexity index is 768. The Labute approximate surface area is 151 Å². The quantitative estimate of drug-likeness (QED) is 0.820. The summed E-state index contributed by atoms with van der Waals surface area (Å²) in [6.45, 7) is 3.14. The lowest BCUT2D eigenvalue weighted by atomic mass is 10.0. The minimum atomic E-state index is -0.401. The SMILES string of the molecule is CCOC(=O)N1CCC(NC(=O)c2ccc3c(c2)C(=O)N(C)C3=O)CC1. The van der Waals surface area contributed by atoms with E-state index in [9.17, 15) is 19.2 Å². The van der Waals surface area contributed by atoms with Crippen molar-refractivity contribution in [2.24, 2.45) is 0 Å². The van der Waals surface area contributed by atoms with Crippen molar-refractivity contribution in [1.82, 2.24) is 15.1 Å². The van der Waals surface area contributed by atoms with Crippen LogP contribution in [0.1, 0.15) is 50.8 Å². The number of hydrogen-bond donors (Lipinski definition) is 1. The van der Waals surface area contributed by atoms with Gasteiger partial charge in [0.1, 0.15) is 0 Å². The van der Waals surface area contributed by atoms with Crippen LogP contribution in [0.4, 0.5) is 4.79 Å². The first kappa shape index (κ1) is 17.9. The maximum absolute atomic E-state index is 12.5. The van der Waals surface area contributed by atoms with Crippen molar-refractivity contribution in [1.29, 1.82) is 0 Å². The summed E-state index contributed by atoms with van der Waals surface area (Å²) in [5.41, 5.74) is 0.909. The molecule has 0 unspecified atom stereocenters. The van der Waals surface area contributed by atoms with Crippen molar-refractivity contribution in [2.45, 2.75) is 25.8 Å². The van der Waals surface area contributed by atoms with Crippen molar-refractivity contribution in [3.63, 3.8) is 0 Å². The van der Waals surface area contributed by atoms with Gasteiger partial charge in [0.2, 0.25) is 0 Å². The summed E-state index contributed by atoms with van der Waals surface area (Å²) in [5, 5.41) is 2.93. The molecule has 0 bridgehead atoms. The van der Waals surface area contributed by atoms with E-state index in [1.807, 2.05) is 0 Å². The monoisotopic (exact) mass is 359 g/mol. The Kier molecular flexibility index (Phi) is 4.92. The molecule has 1 aromatic rings. The average Bonchev–Trinajstić information content (AvgIpc) is 2.86. The van der Waals surface area contributed by atoms with Gasteiger partial charge in [-0.2, -0.15) is 0 Å². The number of amides is 4. The number of benzene rings is 1. The van der Waals surface area contributed by atoms with Crippen LogP contribution >= 0.6 is 0 Å². The lowest BCUT2D eigenvalue weighted by Gasteiger charge is -2.31. The van der Waals surface area contributed by atoms with Crippen LogP contribution in [-0.2, 0) is 4.74 Å². The molecule has 2 heterocycles. The van der Waals surface area contributed by atoms with Gasteiger partial charge in [-0.3, -0.25) is 19.3 Å². The van der Waals surface area contributed by atoms with E-state index in [0.717, 1.165) is 4.90 Å². The van der Waals surface area contributed by atoms with Crippen LogP contribution in [0.15, 0.2) is 18.2 Å². The molecule has 1 fully saturated rings. The number of piperidine rings is 1. The number of nitrogens with zero attached hydrogens (tertiary/aromatic N) is 2. The molecule has 0 aromatic heterocycles. The molecule has 138 valence electrons. The number of imide groups is 1. The van der Waals surface area contributed by atoms with Crippen LogP contribution in [-0.4, -0.2) is 66.4 Å². The van der Waals surface area contributed by atoms with Crippen LogP contribution in [0.5, 0.6) is 0 Å². The predicted octanol–water partition coefficient (Wildman–Crippen LogP) is 1.26. The van der Waals surface area contributed by atoms with Crippen LogP contribution in [0.25, 0.3) is 0 Å². The molecule has 0 saturated carbocycles. The number of carbonyl (C=O) groups is 4. The summed E-state index contributed by atoms with van der Waals surface area (Å²) in [6, 6.07) is 4.47. The van der Waals surface area contributed by atoms with Gasteiger partial charge in [-0.1, -0.05) is 0 Å². The molecule has 3 rings (SSSR count). The summed E-state index contributed by atoms with van der Waals surface area (Å²) >= 11 is 0. The van der Waals surface area contributed by atoms with E-state index in [1.54, 1.807) is 17.9 Å². The van der Waals surface area contributed by atoms with Gasteiger partial charge in [0, 0.05) is 31.7 Å². The van der Waals surface area contributed by atoms with Crippen LogP contribution in [0.2, 0.25) is 0 Å². The standard InChI is InChI=1S/C18H21N3O5/c1-3-26-18(25)21-8-6-12(7-9-21)19-15(22)11-4-5-13-14(10-11)17(24)20(2)16(13)23/h4-5,10,12H,3,6-9H2,1-2H3,(H,19,22). The molecule has 8 heteroatoms. The van der Waals surface area contributed by atoms with E-state index < -0.39 is 5.91 Å². The molecule has 8 nitrogen and oxygen atoms in total. The first-order chi connectivity index (χ1) is 12.4. The van der Waals surface area contributed by atoms with E-state index >= 15 is 0 Å². The lowest BCUT2D eigenvalue weighted by Crippen LogP contribution is -2.46. The highest BCUT2D eigenvalue weighted by molar-refractivity contribution is 6.21. The van der Waals surface area contributed by atoms with Gasteiger partial charge < -0.3 is 15.0 Å². The number of nitrogens with one attached hydrogen (secondary N) is 1. The lowest BCUT2D eigenvalue weighted by molar-refractivity contribution is 0.0692. The molecule has 0 aliphatic carbocycles. The van der Waals surface area contributed by atoms with Gasteiger partial charge in [0.15, 0.2) is 0 Å². The molecule has 26 heavy (non-hydrogen) atoms. The number of carbonyl (C=O) groups excluding carboxylic acids is 4. The predicted molar refractivity (Wildman–Crippen MR) is 91.9 cm³/mol. The molecule has 0 spiro atoms. The van der Waals surface area contributed by atoms with Gasteiger partial charge >= 0.3 is 6.09 Å². The summed E-state index contributed by atoms with van der Waals surface area (Å²) in [6.07, 6.45) is 0.939. The summed E-state index contributed by atoms with van der Waals surface area (Å²) in [7, 11) is 1.42. The van der Waals surface area contributed by atoms with Crippen LogP contribution < -0.4 is 5.32 Å². The number of hydrogen-bond acceptors (Lipinski definition) is 5. The maximum Gasteiger partial charge on any atom is 0.409 e. The number of ether oxygens (including phenoxy) is 1. The molecule has 2 aliphatic rings. The van der Waals surface area contributed by atoms with E-state index in [-0.39, 0.29) is 29.5 Å². The van der Waals surface area contributed by atoms with Crippen molar-refractivity contribution in [3.05, 3.63) is 34.9 Å². The smallest absolute Gasteiger partial charge is 0.409 e. The van der Waals surface area contributed by atoms with Crippen molar-refractivity contribution < 1.29 is 23.9 Å². The second-order valence-corrected chi connectivity index (χ2v) is 6.36. The first-order valence-corrected chi connectivity index (χ1v) is 8.61. The number of likely N-dealkylation sites (tertiary alicyclic amines) is 1. The first-order valence-electron chi connectivity index (χ1n) is 8.61. The van der Waals surface area contributed by atoms with Gasteiger partial charge in [-0.25, -0.2) is 4.79 Å². The molecule has 1 N–H and O–H groups in total. The van der Waals surface area contributed by atoms with Crippen LogP contribution in [0, 0.1) is 0 Å². The van der Waals surface area contributed by atoms with E-state index in [0.29, 0.717) is 43.7 Å². The molecule has 4 amide bonds. The Hall–Kier alpha value is -2.90. The van der Waals surface area contributed by atoms with E-state index in [4.69, 9.17) is 4.74 Å². The normalized spacial score (nSPS) is 17.3. The third-order valence-electron chi connectivity index (χ3n) is 4.71. The summed E-state index contributed by atoms with van der Waals surface area (Å²) < 4.78 is 4.97. The molecule has 1 saturated heterocycles. The van der Waals surface area contributed by atoms with Crippen molar-refractivity contribution >= 4 is 23.8 Å². The topological polar surface area (TPSA) is 96.0 Å². The second kappa shape index (κ2) is 7.15. The largest absolute Gasteiger partial charge is 0.450 e. The molecule has 0 atom stereocenters. The Morgan fingerprint density at radius 3 is 2.46 bits per heavy atom. The fourth-order valence-electron chi connectivity index (χ4n) is 3.19. The Balaban J connectivity index is 1.61. The van der Waals surface area contributed by atoms with Gasteiger partial charge in [0.05, 0.1) is 17.7 Å². The highest BCUT2D eigenvalue weighted by Gasteiger charge is 2.33. The molecular formula is C18H21N3O5. The van der Waals surface area contributed by atoms with Gasteiger partial charge in [-0.15, -0.1) is 0 Å². The van der Waals surface area contributed by atoms with Gasteiger partial charge in [0.25, 0.3) is 17.7 Å². The second-order valence-electron chi connectivity index (χ2n) is 6.36. The van der Waals surface area contributed by atoms with Gasteiger partial charge in [-0.05, 0) is 38.0 Å². The average molecular weight is 359 g/mol. The van der Waals surface area contributed by atoms with Crippen molar-refractivity contribution in [3.8, 4) is 0 Å². The molecule has 0 radical (unpaired) electrons. The van der Waals surface area contributed by atoms with E-state index in [1.165, 1.54) is 19.2 Å². The molecular weight excluding hydrogens is 338 g/mol. The summed E-state index contributed by atoms with van der Waals surface area (Å²) in [5.74, 6) is -1.05. The van der Waals surface area contributed by atoms with Crippen molar-refractivity contribution in [2.75, 3.05) is 26.7 Å². The zero-order valence-corrected chi connectivity index (χ0v) is 14.8. The molecule has 1 aromatic carbocycles. The third kappa shape index (κ3) is 3.26. The fourth-order valence-corrected chi connectivity index (χ4v) is 3.19.